The van der Waals surface area contributed by atoms with E-state index in [-0.39, 0.29) is 93.1 Å². The largest absolute Gasteiger partial charge is 0.481 e. The van der Waals surface area contributed by atoms with Gasteiger partial charge in [-0.15, -0.1) is 0 Å². The van der Waals surface area contributed by atoms with E-state index < -0.39 is 137 Å². The quantitative estimate of drug-likeness (QED) is 0.0236. The molecule has 1 saturated heterocycles. The molecule has 7 rings (SSSR count). The second-order valence-corrected chi connectivity index (χ2v) is 23.8. The number of rotatable bonds is 36. The van der Waals surface area contributed by atoms with E-state index in [2.05, 4.69) is 10.6 Å². The number of esters is 5. The maximum absolute atomic E-state index is 15.9. The standard InChI is InChI=1S/C67H86N2O24/c1-42-48(40-67(81)60(92-62(79)47-21-14-9-15-22-47)58-65(6,49(72)39-50-66(58,41-88-50)93-44(3)71)59(77)56(89-43(2)70)54(42)64(67,4)5)90-63(80)57(55(45-17-10-7-11-18-45)69-61(78)46-19-12-8-13-20-46)91-53(76)24-16-23-51(73)68-26-28-83-30-32-85-34-36-87-38-37-86-35-33-84-31-29-82-27-25-52(74)75/h7-15,17-22,48-50,55-58,60,72,81H,16,23-41H2,1-6H3,(H,68,73)(H,69,78)(H,74,75)/t48-,49-,50+,55-,56+,57+,58-,60-,65+,66-,67+/m0/s1. The Labute approximate surface area is 539 Å². The third-order valence-corrected chi connectivity index (χ3v) is 17.4. The number of aliphatic hydroxyl groups excluding tert-OH is 1. The molecule has 2 bridgehead atoms. The van der Waals surface area contributed by atoms with Crippen LogP contribution in [0.2, 0.25) is 0 Å². The summed E-state index contributed by atoms with van der Waals surface area (Å²) in [4.78, 5) is 124. The van der Waals surface area contributed by atoms with Gasteiger partial charge in [-0.05, 0) is 61.2 Å². The molecule has 4 aliphatic rings. The Morgan fingerprint density at radius 2 is 1.20 bits per heavy atom. The molecule has 1 aliphatic heterocycles. The van der Waals surface area contributed by atoms with Gasteiger partial charge in [0.05, 0.1) is 115 Å². The number of ketones is 1. The number of ether oxygens (including phenoxy) is 12. The van der Waals surface area contributed by atoms with Crippen molar-refractivity contribution in [3.63, 3.8) is 0 Å². The molecule has 5 N–H and O–H groups in total. The smallest absolute Gasteiger partial charge is 0.350 e. The Balaban J connectivity index is 1.05. The lowest BCUT2D eigenvalue weighted by Gasteiger charge is -2.67. The number of carbonyl (C=O) groups is 9. The number of aliphatic carboxylic acids is 1. The minimum absolute atomic E-state index is 0.0203. The number of fused-ring (bicyclic) bond motifs is 5. The number of benzene rings is 3. The number of amides is 2. The number of hydrogen-bond donors (Lipinski definition) is 5. The molecular formula is C67H86N2O24. The molecule has 508 valence electrons. The van der Waals surface area contributed by atoms with E-state index in [1.807, 2.05) is 0 Å². The molecule has 26 nitrogen and oxygen atoms in total. The van der Waals surface area contributed by atoms with Gasteiger partial charge < -0.3 is 82.8 Å². The van der Waals surface area contributed by atoms with Crippen molar-refractivity contribution in [2.45, 2.75) is 134 Å². The molecular weight excluding hydrogens is 1220 g/mol. The summed E-state index contributed by atoms with van der Waals surface area (Å²) < 4.78 is 69.6. The first-order valence-electron chi connectivity index (χ1n) is 31.1. The Morgan fingerprint density at radius 1 is 0.667 bits per heavy atom. The van der Waals surface area contributed by atoms with Gasteiger partial charge in [0.15, 0.2) is 17.5 Å². The van der Waals surface area contributed by atoms with Crippen molar-refractivity contribution in [1.82, 2.24) is 10.6 Å². The number of aliphatic hydroxyl groups is 2. The molecule has 0 aromatic heterocycles. The Hall–Kier alpha value is -7.53. The first kappa shape index (κ1) is 72.9. The van der Waals surface area contributed by atoms with E-state index in [1.54, 1.807) is 66.7 Å². The molecule has 26 heteroatoms. The summed E-state index contributed by atoms with van der Waals surface area (Å²) in [6.45, 7) is 11.4. The van der Waals surface area contributed by atoms with Crippen LogP contribution in [0.4, 0.5) is 0 Å². The molecule has 0 spiro atoms. The maximum Gasteiger partial charge on any atom is 0.350 e. The normalized spacial score (nSPS) is 25.0. The molecule has 93 heavy (non-hydrogen) atoms. The van der Waals surface area contributed by atoms with Gasteiger partial charge in [-0.25, -0.2) is 9.59 Å². The summed E-state index contributed by atoms with van der Waals surface area (Å²) >= 11 is 0. The summed E-state index contributed by atoms with van der Waals surface area (Å²) in [5.41, 5.74) is -7.78. The lowest BCUT2D eigenvalue weighted by molar-refractivity contribution is -0.346. The van der Waals surface area contributed by atoms with E-state index in [0.717, 1.165) is 13.8 Å². The highest BCUT2D eigenvalue weighted by molar-refractivity contribution is 5.96. The predicted octanol–water partition coefficient (Wildman–Crippen LogP) is 4.15. The van der Waals surface area contributed by atoms with Crippen LogP contribution in [0.5, 0.6) is 0 Å². The molecule has 3 aliphatic carbocycles. The molecule has 11 atom stereocenters. The van der Waals surface area contributed by atoms with Gasteiger partial charge in [0.1, 0.15) is 30.0 Å². The lowest BCUT2D eigenvalue weighted by Crippen LogP contribution is -2.82. The monoisotopic (exact) mass is 1300 g/mol. The lowest BCUT2D eigenvalue weighted by atomic mass is 9.44. The summed E-state index contributed by atoms with van der Waals surface area (Å²) in [7, 11) is 0. The van der Waals surface area contributed by atoms with E-state index >= 15 is 9.59 Å². The summed E-state index contributed by atoms with van der Waals surface area (Å²) in [6.07, 6.45) is -11.8. The number of carbonyl (C=O) groups excluding carboxylic acids is 8. The van der Waals surface area contributed by atoms with Crippen molar-refractivity contribution in [3.05, 3.63) is 119 Å². The van der Waals surface area contributed by atoms with Gasteiger partial charge in [-0.2, -0.15) is 0 Å². The van der Waals surface area contributed by atoms with Gasteiger partial charge in [-0.1, -0.05) is 80.6 Å². The van der Waals surface area contributed by atoms with Gasteiger partial charge in [0.2, 0.25) is 12.0 Å². The third-order valence-electron chi connectivity index (χ3n) is 17.4. The minimum Gasteiger partial charge on any atom is -0.481 e. The third kappa shape index (κ3) is 18.2. The van der Waals surface area contributed by atoms with E-state index in [9.17, 15) is 43.8 Å². The SMILES string of the molecule is CC(=O)O[C@H]1C(=O)[C@@]2(C)[C@H]([C@H](OC(=O)c3ccccc3)[C@]3(O)C[C@H](OC(=O)[C@H](OC(=O)CCCC(=O)NCCOCCOCCOCCOCCOCCOCCC(=O)O)[C@@H](NC(=O)c4ccccc4)c4ccccc4)C(C)=C1C3(C)C)[C@]1(OC(C)=O)CO[C@@H]1C[C@@H]2O. The second-order valence-electron chi connectivity index (χ2n) is 23.8. The number of nitrogens with one attached hydrogen (secondary N) is 2. The van der Waals surface area contributed by atoms with Gasteiger partial charge in [0.25, 0.3) is 5.91 Å². The van der Waals surface area contributed by atoms with Crippen LogP contribution in [0, 0.1) is 16.7 Å². The fraction of sp³-hybridized carbons (Fsp3) is 0.567. The summed E-state index contributed by atoms with van der Waals surface area (Å²) in [5, 5.41) is 40.5. The van der Waals surface area contributed by atoms with Crippen LogP contribution in [0.3, 0.4) is 0 Å². The molecule has 2 amide bonds. The van der Waals surface area contributed by atoms with Crippen LogP contribution < -0.4 is 10.6 Å². The maximum atomic E-state index is 15.9. The molecule has 3 fully saturated rings. The summed E-state index contributed by atoms with van der Waals surface area (Å²) in [5.74, 6) is -9.57. The van der Waals surface area contributed by atoms with Gasteiger partial charge in [-0.3, -0.25) is 33.6 Å². The van der Waals surface area contributed by atoms with Crippen LogP contribution in [0.15, 0.2) is 102 Å². The zero-order valence-electron chi connectivity index (χ0n) is 53.3. The molecule has 1 heterocycles. The average Bonchev–Trinajstić information content (AvgIpc) is 0.671. The van der Waals surface area contributed by atoms with E-state index in [4.69, 9.17) is 61.9 Å². The molecule has 0 unspecified atom stereocenters. The molecule has 0 radical (unpaired) electrons. The van der Waals surface area contributed by atoms with Crippen LogP contribution >= 0.6 is 0 Å². The first-order chi connectivity index (χ1) is 44.5. The first-order valence-corrected chi connectivity index (χ1v) is 31.1. The number of carboxylic acids is 1. The van der Waals surface area contributed by atoms with E-state index in [1.165, 1.54) is 52.0 Å². The highest BCUT2D eigenvalue weighted by atomic mass is 16.6. The van der Waals surface area contributed by atoms with Crippen molar-refractivity contribution < 1.29 is 115 Å². The van der Waals surface area contributed by atoms with Crippen LogP contribution in [-0.4, -0.2) is 209 Å². The fourth-order valence-corrected chi connectivity index (χ4v) is 12.6. The van der Waals surface area contributed by atoms with Gasteiger partial charge >= 0.3 is 35.8 Å². The highest BCUT2D eigenvalue weighted by Gasteiger charge is 2.78. The van der Waals surface area contributed by atoms with Crippen molar-refractivity contribution in [2.75, 3.05) is 92.4 Å². The summed E-state index contributed by atoms with van der Waals surface area (Å²) in [6, 6.07) is 22.4. The van der Waals surface area contributed by atoms with Crippen molar-refractivity contribution in [1.29, 1.82) is 0 Å². The number of hydrogen-bond acceptors (Lipinski definition) is 23. The van der Waals surface area contributed by atoms with Crippen LogP contribution in [-0.2, 0) is 90.4 Å². The molecule has 3 aromatic rings. The Bertz CT molecular complexity index is 3070. The zero-order chi connectivity index (χ0) is 67.3. The molecule has 2 saturated carbocycles. The van der Waals surface area contributed by atoms with Crippen LogP contribution in [0.1, 0.15) is 112 Å². The average molecular weight is 1300 g/mol. The zero-order valence-corrected chi connectivity index (χ0v) is 53.3. The van der Waals surface area contributed by atoms with Crippen LogP contribution in [0.25, 0.3) is 0 Å². The van der Waals surface area contributed by atoms with E-state index in [0.29, 0.717) is 52.9 Å². The predicted molar refractivity (Wildman–Crippen MR) is 326 cm³/mol. The van der Waals surface area contributed by atoms with Crippen molar-refractivity contribution in [2.24, 2.45) is 16.7 Å². The topological polar surface area (TPSA) is 349 Å². The van der Waals surface area contributed by atoms with Crippen molar-refractivity contribution >= 4 is 53.4 Å². The number of carboxylic acid groups (broad SMARTS) is 1. The Kier molecular flexibility index (Phi) is 26.7. The number of Topliss-reactive ketones (excluding diaryl/α,β-unsaturated/α-hetero) is 1. The van der Waals surface area contributed by atoms with Crippen molar-refractivity contribution in [3.8, 4) is 0 Å². The minimum atomic E-state index is -2.51. The fourth-order valence-electron chi connectivity index (χ4n) is 12.6. The molecule has 3 aromatic carbocycles. The Morgan fingerprint density at radius 3 is 1.73 bits per heavy atom. The highest BCUT2D eigenvalue weighted by Crippen LogP contribution is 2.64. The van der Waals surface area contributed by atoms with Gasteiger partial charge in [0, 0.05) is 57.1 Å². The second kappa shape index (κ2) is 34.0.